The summed E-state index contributed by atoms with van der Waals surface area (Å²) in [4.78, 5) is 10.9. The lowest BCUT2D eigenvalue weighted by molar-refractivity contribution is 0.0696. The molecule has 0 bridgehead atoms. The van der Waals surface area contributed by atoms with Gasteiger partial charge in [0.25, 0.3) is 0 Å². The van der Waals surface area contributed by atoms with Gasteiger partial charge in [-0.2, -0.15) is 0 Å². The van der Waals surface area contributed by atoms with Gasteiger partial charge in [-0.05, 0) is 48.0 Å². The highest BCUT2D eigenvalue weighted by Gasteiger charge is 2.17. The van der Waals surface area contributed by atoms with E-state index in [0.29, 0.717) is 4.47 Å². The lowest BCUT2D eigenvalue weighted by Gasteiger charge is -2.11. The first-order valence-corrected chi connectivity index (χ1v) is 7.12. The lowest BCUT2D eigenvalue weighted by atomic mass is 10.2. The van der Waals surface area contributed by atoms with Crippen molar-refractivity contribution < 1.29 is 18.3 Å². The summed E-state index contributed by atoms with van der Waals surface area (Å²) in [7, 11) is -3.46. The molecule has 0 aromatic heterocycles. The number of hydrogen-bond acceptors (Lipinski definition) is 3. The Morgan fingerprint density at radius 2 is 2.00 bits per heavy atom. The van der Waals surface area contributed by atoms with E-state index in [4.69, 9.17) is 5.11 Å². The van der Waals surface area contributed by atoms with Gasteiger partial charge in [0.15, 0.2) is 0 Å². The molecule has 1 aromatic rings. The molecule has 0 fully saturated rings. The summed E-state index contributed by atoms with van der Waals surface area (Å²) in [5.41, 5.74) is 0.244. The fourth-order valence-corrected chi connectivity index (χ4v) is 2.14. The van der Waals surface area contributed by atoms with E-state index in [1.54, 1.807) is 13.8 Å². The van der Waals surface area contributed by atoms with Crippen LogP contribution in [0.4, 0.5) is 5.69 Å². The number of aromatic carboxylic acids is 1. The second-order valence-corrected chi connectivity index (χ2v) is 6.79. The smallest absolute Gasteiger partial charge is 0.336 e. The minimum atomic E-state index is -3.46. The molecule has 0 saturated heterocycles. The van der Waals surface area contributed by atoms with Crippen LogP contribution < -0.4 is 4.72 Å². The molecule has 0 aliphatic heterocycles. The van der Waals surface area contributed by atoms with Crippen LogP contribution in [0.1, 0.15) is 24.2 Å². The zero-order chi connectivity index (χ0) is 13.2. The van der Waals surface area contributed by atoms with Gasteiger partial charge in [0.05, 0.1) is 10.8 Å². The molecule has 1 aromatic carbocycles. The van der Waals surface area contributed by atoms with Gasteiger partial charge >= 0.3 is 5.97 Å². The fraction of sp³-hybridized carbons (Fsp3) is 0.300. The molecule has 0 heterocycles. The van der Waals surface area contributed by atoms with Crippen LogP contribution in [0, 0.1) is 0 Å². The van der Waals surface area contributed by atoms with Crippen molar-refractivity contribution in [1.82, 2.24) is 0 Å². The molecule has 0 radical (unpaired) electrons. The van der Waals surface area contributed by atoms with Crippen molar-refractivity contribution in [2.75, 3.05) is 4.72 Å². The van der Waals surface area contributed by atoms with Crippen LogP contribution in [-0.4, -0.2) is 24.7 Å². The molecule has 1 rings (SSSR count). The largest absolute Gasteiger partial charge is 0.478 e. The molecule has 0 aliphatic rings. The molecule has 0 spiro atoms. The van der Waals surface area contributed by atoms with Gasteiger partial charge < -0.3 is 5.11 Å². The predicted octanol–water partition coefficient (Wildman–Crippen LogP) is 2.30. The van der Waals surface area contributed by atoms with Crippen LogP contribution in [0.2, 0.25) is 0 Å². The van der Waals surface area contributed by atoms with Gasteiger partial charge in [-0.3, -0.25) is 4.72 Å². The Morgan fingerprint density at radius 3 is 2.47 bits per heavy atom. The van der Waals surface area contributed by atoms with Gasteiger partial charge in [-0.25, -0.2) is 13.2 Å². The standard InChI is InChI=1S/C10H12BrNO4S/c1-6(2)17(15,16)12-7-3-4-9(11)8(5-7)10(13)14/h3-6,12H,1-2H3,(H,13,14). The van der Waals surface area contributed by atoms with E-state index in [1.165, 1.54) is 18.2 Å². The van der Waals surface area contributed by atoms with Crippen LogP contribution >= 0.6 is 15.9 Å². The molecular weight excluding hydrogens is 310 g/mol. The normalized spacial score (nSPS) is 11.5. The summed E-state index contributed by atoms with van der Waals surface area (Å²) in [5, 5.41) is 8.31. The summed E-state index contributed by atoms with van der Waals surface area (Å²) >= 11 is 3.08. The zero-order valence-electron chi connectivity index (χ0n) is 9.27. The Hall–Kier alpha value is -1.08. The first kappa shape index (κ1) is 14.0. The van der Waals surface area contributed by atoms with Gasteiger partial charge in [0.2, 0.25) is 10.0 Å². The quantitative estimate of drug-likeness (QED) is 0.891. The Bertz CT molecular complexity index is 539. The first-order valence-electron chi connectivity index (χ1n) is 4.78. The molecule has 2 N–H and O–H groups in total. The summed E-state index contributed by atoms with van der Waals surface area (Å²) in [6.07, 6.45) is 0. The van der Waals surface area contributed by atoms with Crippen LogP contribution in [0.15, 0.2) is 22.7 Å². The average Bonchev–Trinajstić information content (AvgIpc) is 2.20. The molecule has 0 atom stereocenters. The van der Waals surface area contributed by atoms with E-state index < -0.39 is 21.2 Å². The van der Waals surface area contributed by atoms with Crippen molar-refractivity contribution in [3.05, 3.63) is 28.2 Å². The van der Waals surface area contributed by atoms with Crippen molar-refractivity contribution >= 4 is 37.6 Å². The van der Waals surface area contributed by atoms with E-state index in [1.807, 2.05) is 0 Å². The third-order valence-corrected chi connectivity index (χ3v) is 4.53. The lowest BCUT2D eigenvalue weighted by Crippen LogP contribution is -2.22. The van der Waals surface area contributed by atoms with Crippen molar-refractivity contribution in [3.8, 4) is 0 Å². The van der Waals surface area contributed by atoms with E-state index in [-0.39, 0.29) is 11.3 Å². The number of nitrogens with one attached hydrogen (secondary N) is 1. The van der Waals surface area contributed by atoms with Crippen molar-refractivity contribution in [2.45, 2.75) is 19.1 Å². The molecular formula is C10H12BrNO4S. The third kappa shape index (κ3) is 3.44. The van der Waals surface area contributed by atoms with Crippen molar-refractivity contribution in [2.24, 2.45) is 0 Å². The number of anilines is 1. The van der Waals surface area contributed by atoms with Gasteiger partial charge in [-0.1, -0.05) is 0 Å². The van der Waals surface area contributed by atoms with Gasteiger partial charge in [-0.15, -0.1) is 0 Å². The summed E-state index contributed by atoms with van der Waals surface area (Å²) in [5.74, 6) is -1.12. The number of hydrogen-bond donors (Lipinski definition) is 2. The number of benzene rings is 1. The van der Waals surface area contributed by atoms with E-state index >= 15 is 0 Å². The number of carbonyl (C=O) groups is 1. The first-order chi connectivity index (χ1) is 7.74. The number of rotatable bonds is 4. The minimum absolute atomic E-state index is 0.00829. The summed E-state index contributed by atoms with van der Waals surface area (Å²) in [6, 6.07) is 4.25. The van der Waals surface area contributed by atoms with Crippen molar-refractivity contribution in [1.29, 1.82) is 0 Å². The second kappa shape index (κ2) is 5.05. The minimum Gasteiger partial charge on any atom is -0.478 e. The van der Waals surface area contributed by atoms with Gasteiger partial charge in [0, 0.05) is 10.2 Å². The molecule has 94 valence electrons. The van der Waals surface area contributed by atoms with Gasteiger partial charge in [0.1, 0.15) is 0 Å². The molecule has 5 nitrogen and oxygen atoms in total. The molecule has 7 heteroatoms. The number of sulfonamides is 1. The molecule has 17 heavy (non-hydrogen) atoms. The van der Waals surface area contributed by atoms with Crippen LogP contribution in [-0.2, 0) is 10.0 Å². The number of carboxylic acids is 1. The molecule has 0 saturated carbocycles. The van der Waals surface area contributed by atoms with Crippen LogP contribution in [0.25, 0.3) is 0 Å². The second-order valence-electron chi connectivity index (χ2n) is 3.70. The average molecular weight is 322 g/mol. The summed E-state index contributed by atoms with van der Waals surface area (Å²) < 4.78 is 25.9. The van der Waals surface area contributed by atoms with E-state index in [0.717, 1.165) is 0 Å². The molecule has 0 unspecified atom stereocenters. The van der Waals surface area contributed by atoms with Crippen molar-refractivity contribution in [3.63, 3.8) is 0 Å². The Balaban J connectivity index is 3.10. The summed E-state index contributed by atoms with van der Waals surface area (Å²) in [6.45, 7) is 3.08. The maximum Gasteiger partial charge on any atom is 0.336 e. The van der Waals surface area contributed by atoms with E-state index in [9.17, 15) is 13.2 Å². The van der Waals surface area contributed by atoms with Crippen LogP contribution in [0.3, 0.4) is 0 Å². The zero-order valence-corrected chi connectivity index (χ0v) is 11.7. The van der Waals surface area contributed by atoms with E-state index in [2.05, 4.69) is 20.7 Å². The SMILES string of the molecule is CC(C)S(=O)(=O)Nc1ccc(Br)c(C(=O)O)c1. The number of carboxylic acid groups (broad SMARTS) is 1. The Morgan fingerprint density at radius 1 is 1.41 bits per heavy atom. The maximum absolute atomic E-state index is 11.6. The topological polar surface area (TPSA) is 83.5 Å². The highest BCUT2D eigenvalue weighted by atomic mass is 79.9. The highest BCUT2D eigenvalue weighted by molar-refractivity contribution is 9.10. The highest BCUT2D eigenvalue weighted by Crippen LogP contribution is 2.22. The molecule has 0 aliphatic carbocycles. The Labute approximate surface area is 108 Å². The fourth-order valence-electron chi connectivity index (χ4n) is 1.03. The monoisotopic (exact) mass is 321 g/mol. The third-order valence-electron chi connectivity index (χ3n) is 2.08. The Kier molecular flexibility index (Phi) is 4.16. The number of halogens is 1. The van der Waals surface area contributed by atoms with Crippen LogP contribution in [0.5, 0.6) is 0 Å². The molecule has 0 amide bonds. The maximum atomic E-state index is 11.6. The predicted molar refractivity (Wildman–Crippen MR) is 68.8 cm³/mol.